The Morgan fingerprint density at radius 1 is 0.252 bits per heavy atom. The maximum atomic E-state index is 6.29. The molecule has 0 aliphatic heterocycles. The molecule has 21 rings (SSSR count). The van der Waals surface area contributed by atoms with Gasteiger partial charge in [0.05, 0.1) is 0 Å². The van der Waals surface area contributed by atoms with Gasteiger partial charge in [0.15, 0.2) is 0 Å². The molecule has 0 aliphatic rings. The highest BCUT2D eigenvalue weighted by atomic mass is 16.3. The molecule has 111 heavy (non-hydrogen) atoms. The Morgan fingerprint density at radius 2 is 0.559 bits per heavy atom. The molecule has 3 aromatic heterocycles. The van der Waals surface area contributed by atoms with Crippen molar-refractivity contribution in [2.45, 2.75) is 72.6 Å². The summed E-state index contributed by atoms with van der Waals surface area (Å²) in [7, 11) is 0. The SMILES string of the molecule is CC(C)(C)c1ccc2cc(-c3ccc(-c4cccc5c4oc4ccccc45)cc3)c3ccccc3c2c1.CC(C)Cc1ccc2cc(-c3ccc(-c4cccc5c4oc4ccccc45)cc3)c3ccccc3c2c1.CCC(C)c1ccc2cc(-c3ccc(-c4cccc5c4oc4ccccc45)cc3)c3ccccc3c2c1. The molecule has 1 atom stereocenters. The van der Waals surface area contributed by atoms with E-state index in [0.29, 0.717) is 11.8 Å². The van der Waals surface area contributed by atoms with Gasteiger partial charge >= 0.3 is 0 Å². The molecular weight excluding hydrogens is 1350 g/mol. The summed E-state index contributed by atoms with van der Waals surface area (Å²) >= 11 is 0. The van der Waals surface area contributed by atoms with Crippen LogP contribution in [0.3, 0.4) is 0 Å². The molecule has 534 valence electrons. The van der Waals surface area contributed by atoms with Gasteiger partial charge in [0.1, 0.15) is 33.5 Å². The first kappa shape index (κ1) is 68.5. The van der Waals surface area contributed by atoms with Crippen LogP contribution in [0.5, 0.6) is 0 Å². The predicted octanol–water partition coefficient (Wildman–Crippen LogP) is 31.7. The average molecular weight is 1430 g/mol. The molecule has 0 N–H and O–H groups in total. The monoisotopic (exact) mass is 1430 g/mol. The topological polar surface area (TPSA) is 39.4 Å². The van der Waals surface area contributed by atoms with Crippen LogP contribution >= 0.6 is 0 Å². The fourth-order valence-electron chi connectivity index (χ4n) is 17.1. The Morgan fingerprint density at radius 3 is 0.919 bits per heavy atom. The lowest BCUT2D eigenvalue weighted by molar-refractivity contribution is 0.591. The van der Waals surface area contributed by atoms with E-state index in [1.165, 1.54) is 115 Å². The zero-order valence-electron chi connectivity index (χ0n) is 63.7. The third kappa shape index (κ3) is 12.5. The summed E-state index contributed by atoms with van der Waals surface area (Å²) < 4.78 is 18.9. The number of hydrogen-bond donors (Lipinski definition) is 0. The van der Waals surface area contributed by atoms with E-state index in [-0.39, 0.29) is 5.41 Å². The van der Waals surface area contributed by atoms with Crippen LogP contribution in [0, 0.1) is 5.92 Å². The highest BCUT2D eigenvalue weighted by Gasteiger charge is 2.21. The van der Waals surface area contributed by atoms with E-state index in [0.717, 1.165) is 112 Å². The second kappa shape index (κ2) is 28.2. The van der Waals surface area contributed by atoms with Gasteiger partial charge in [-0.2, -0.15) is 0 Å². The molecule has 3 nitrogen and oxygen atoms in total. The molecule has 0 saturated heterocycles. The Balaban J connectivity index is 0.000000112. The fourth-order valence-corrected chi connectivity index (χ4v) is 17.1. The molecule has 0 amide bonds. The quantitative estimate of drug-likeness (QED) is 0.128. The van der Waals surface area contributed by atoms with Crippen molar-refractivity contribution < 1.29 is 13.3 Å². The van der Waals surface area contributed by atoms with Crippen molar-refractivity contribution in [3.63, 3.8) is 0 Å². The van der Waals surface area contributed by atoms with E-state index >= 15 is 0 Å². The summed E-state index contributed by atoms with van der Waals surface area (Å²) in [6.07, 6.45) is 2.25. The Kier molecular flexibility index (Phi) is 17.4. The van der Waals surface area contributed by atoms with Crippen molar-refractivity contribution in [2.24, 2.45) is 5.92 Å². The van der Waals surface area contributed by atoms with E-state index < -0.39 is 0 Å². The minimum Gasteiger partial charge on any atom is -0.455 e. The van der Waals surface area contributed by atoms with Crippen LogP contribution in [0.2, 0.25) is 0 Å². The molecular formula is C108H84O3. The number of benzene rings is 18. The summed E-state index contributed by atoms with van der Waals surface area (Å²) in [6.45, 7) is 16.0. The highest BCUT2D eigenvalue weighted by Crippen LogP contribution is 2.45. The molecule has 21 aromatic rings. The molecule has 18 aromatic carbocycles. The lowest BCUT2D eigenvalue weighted by Gasteiger charge is -2.20. The fraction of sp³-hybridized carbons (Fsp3) is 0.111. The van der Waals surface area contributed by atoms with Crippen molar-refractivity contribution in [1.82, 2.24) is 0 Å². The minimum atomic E-state index is 0.118. The standard InChI is InChI=1S/3C36H28O/c1-36(2,3)26-20-19-25-21-32(28-9-4-5-10-29(28)33(25)22-26)24-17-15-23(16-18-24)27-12-8-13-31-30-11-6-7-14-34(30)37-35(27)31;1-23(2)20-24-14-15-27-22-34(30-9-4-3-8-29(30)33(27)21-24)26-18-16-25(17-19-26)28-11-7-12-32-31-10-5-6-13-35(31)37-36(28)32;1-3-23(2)26-19-20-27-22-33(29-9-4-5-10-30(29)34(27)21-26)25-17-15-24(16-18-25)28-12-8-13-32-31-11-6-7-14-35(31)37-36(28)32/h4-22H,1-3H3;3-19,21-23H,20H2,1-2H3;4-23H,3H2,1-2H3. The molecule has 3 heterocycles. The highest BCUT2D eigenvalue weighted by molar-refractivity contribution is 6.18. The van der Waals surface area contributed by atoms with Crippen molar-refractivity contribution in [2.75, 3.05) is 0 Å². The van der Waals surface area contributed by atoms with Gasteiger partial charge in [0, 0.05) is 49.0 Å². The summed E-state index contributed by atoms with van der Waals surface area (Å²) in [5, 5.41) is 22.6. The molecule has 1 unspecified atom stereocenters. The van der Waals surface area contributed by atoms with Crippen molar-refractivity contribution in [3.05, 3.63) is 362 Å². The van der Waals surface area contributed by atoms with Gasteiger partial charge in [0.2, 0.25) is 0 Å². The van der Waals surface area contributed by atoms with E-state index in [1.54, 1.807) is 0 Å². The second-order valence-electron chi connectivity index (χ2n) is 31.6. The van der Waals surface area contributed by atoms with E-state index in [9.17, 15) is 0 Å². The van der Waals surface area contributed by atoms with Gasteiger partial charge in [-0.1, -0.05) is 358 Å². The van der Waals surface area contributed by atoms with Gasteiger partial charge in [-0.05, 0) is 198 Å². The van der Waals surface area contributed by atoms with Crippen molar-refractivity contribution in [1.29, 1.82) is 0 Å². The molecule has 0 radical (unpaired) electrons. The first-order chi connectivity index (χ1) is 54.3. The van der Waals surface area contributed by atoms with Gasteiger partial charge in [-0.15, -0.1) is 0 Å². The molecule has 0 aliphatic carbocycles. The maximum absolute atomic E-state index is 6.29. The number of para-hydroxylation sites is 6. The third-order valence-corrected chi connectivity index (χ3v) is 23.1. The number of hydrogen-bond acceptors (Lipinski definition) is 3. The number of furan rings is 3. The molecule has 0 saturated carbocycles. The number of rotatable bonds is 10. The van der Waals surface area contributed by atoms with Crippen LogP contribution in [0.15, 0.2) is 359 Å². The number of fused-ring (bicyclic) bond motifs is 18. The normalized spacial score (nSPS) is 12.2. The first-order valence-corrected chi connectivity index (χ1v) is 39.2. The molecule has 0 bridgehead atoms. The van der Waals surface area contributed by atoms with Crippen LogP contribution < -0.4 is 0 Å². The maximum Gasteiger partial charge on any atom is 0.143 e. The molecule has 3 heteroatoms. The Bertz CT molecular complexity index is 7150. The summed E-state index contributed by atoms with van der Waals surface area (Å²) in [4.78, 5) is 0. The molecule has 0 spiro atoms. The zero-order valence-corrected chi connectivity index (χ0v) is 63.7. The Hall–Kier alpha value is -13.1. The van der Waals surface area contributed by atoms with Crippen LogP contribution in [-0.2, 0) is 11.8 Å². The lowest BCUT2D eigenvalue weighted by Crippen LogP contribution is -2.10. The summed E-state index contributed by atoms with van der Waals surface area (Å²) in [5.74, 6) is 1.21. The van der Waals surface area contributed by atoms with E-state index in [2.05, 4.69) is 358 Å². The summed E-state index contributed by atoms with van der Waals surface area (Å²) in [5.41, 5.74) is 24.3. The van der Waals surface area contributed by atoms with Gasteiger partial charge < -0.3 is 13.3 Å². The lowest BCUT2D eigenvalue weighted by atomic mass is 9.84. The third-order valence-electron chi connectivity index (χ3n) is 23.1. The van der Waals surface area contributed by atoms with E-state index in [1.807, 2.05) is 36.4 Å². The summed E-state index contributed by atoms with van der Waals surface area (Å²) in [6, 6.07) is 125. The van der Waals surface area contributed by atoms with Crippen molar-refractivity contribution >= 4 is 130 Å². The van der Waals surface area contributed by atoms with E-state index in [4.69, 9.17) is 13.3 Å². The van der Waals surface area contributed by atoms with Crippen LogP contribution in [0.1, 0.15) is 77.5 Å². The second-order valence-corrected chi connectivity index (χ2v) is 31.6. The van der Waals surface area contributed by atoms with Gasteiger partial charge in [0.25, 0.3) is 0 Å². The van der Waals surface area contributed by atoms with Crippen LogP contribution in [-0.4, -0.2) is 0 Å². The largest absolute Gasteiger partial charge is 0.455 e. The first-order valence-electron chi connectivity index (χ1n) is 39.2. The minimum absolute atomic E-state index is 0.118. The predicted molar refractivity (Wildman–Crippen MR) is 475 cm³/mol. The van der Waals surface area contributed by atoms with Crippen LogP contribution in [0.4, 0.5) is 0 Å². The zero-order chi connectivity index (χ0) is 75.0. The van der Waals surface area contributed by atoms with Crippen molar-refractivity contribution in [3.8, 4) is 66.8 Å². The smallest absolute Gasteiger partial charge is 0.143 e. The van der Waals surface area contributed by atoms with Crippen LogP contribution in [0.25, 0.3) is 197 Å². The van der Waals surface area contributed by atoms with Gasteiger partial charge in [-0.25, -0.2) is 0 Å². The average Bonchev–Trinajstić information content (AvgIpc) is 1.63. The van der Waals surface area contributed by atoms with Gasteiger partial charge in [-0.3, -0.25) is 0 Å². The molecule has 0 fully saturated rings. The Labute approximate surface area is 647 Å².